The summed E-state index contributed by atoms with van der Waals surface area (Å²) in [5.41, 5.74) is -0.0498. The molecule has 1 unspecified atom stereocenters. The summed E-state index contributed by atoms with van der Waals surface area (Å²) in [5.74, 6) is -1.27. The lowest BCUT2D eigenvalue weighted by Crippen LogP contribution is -2.53. The highest BCUT2D eigenvalue weighted by Crippen LogP contribution is 2.29. The van der Waals surface area contributed by atoms with Crippen molar-refractivity contribution >= 4 is 11.7 Å². The quantitative estimate of drug-likeness (QED) is 0.807. The number of carbonyl (C=O) groups is 1. The number of amides is 1. The molecule has 7 nitrogen and oxygen atoms in total. The fraction of sp³-hybridized carbons (Fsp3) is 0.353. The van der Waals surface area contributed by atoms with Gasteiger partial charge >= 0.3 is 5.69 Å². The molecule has 2 aliphatic heterocycles. The van der Waals surface area contributed by atoms with Crippen LogP contribution in [-0.2, 0) is 17.9 Å². The second kappa shape index (κ2) is 6.08. The highest BCUT2D eigenvalue weighted by Gasteiger charge is 2.37. The summed E-state index contributed by atoms with van der Waals surface area (Å²) < 4.78 is 33.2. The predicted molar refractivity (Wildman–Crippen MR) is 88.0 cm³/mol. The fourth-order valence-electron chi connectivity index (χ4n) is 3.29. The number of benzene rings is 1. The Morgan fingerprint density at radius 2 is 2.00 bits per heavy atom. The summed E-state index contributed by atoms with van der Waals surface area (Å²) in [6.45, 7) is 1.12. The largest absolute Gasteiger partial charge is 0.473 e. The van der Waals surface area contributed by atoms with Crippen LogP contribution in [0.3, 0.4) is 0 Å². The Morgan fingerprint density at radius 1 is 1.19 bits per heavy atom. The average Bonchev–Trinajstić information content (AvgIpc) is 2.95. The number of likely N-dealkylation sites (N-methyl/N-ethyl adjacent to an activating group) is 1. The zero-order valence-corrected chi connectivity index (χ0v) is 14.0. The van der Waals surface area contributed by atoms with Crippen LogP contribution in [0.4, 0.5) is 14.6 Å². The molecule has 136 valence electrons. The first-order valence-electron chi connectivity index (χ1n) is 8.11. The van der Waals surface area contributed by atoms with Crippen molar-refractivity contribution in [2.75, 3.05) is 25.0 Å². The Bertz CT molecular complexity index is 946. The molecular weight excluding hydrogens is 346 g/mol. The van der Waals surface area contributed by atoms with Crippen LogP contribution < -0.4 is 15.3 Å². The van der Waals surface area contributed by atoms with Gasteiger partial charge in [-0.05, 0) is 17.7 Å². The second-order valence-electron chi connectivity index (χ2n) is 6.44. The first-order valence-corrected chi connectivity index (χ1v) is 8.11. The van der Waals surface area contributed by atoms with Crippen molar-refractivity contribution in [1.29, 1.82) is 0 Å². The van der Waals surface area contributed by atoms with Crippen LogP contribution in [0.5, 0.6) is 5.88 Å². The van der Waals surface area contributed by atoms with Gasteiger partial charge in [0.2, 0.25) is 11.8 Å². The fourth-order valence-corrected chi connectivity index (χ4v) is 3.29. The molecule has 1 amide bonds. The van der Waals surface area contributed by atoms with Crippen molar-refractivity contribution < 1.29 is 18.3 Å². The molecule has 0 spiro atoms. The maximum Gasteiger partial charge on any atom is 0.352 e. The minimum absolute atomic E-state index is 0.0219. The van der Waals surface area contributed by atoms with Crippen LogP contribution >= 0.6 is 0 Å². The van der Waals surface area contributed by atoms with E-state index in [4.69, 9.17) is 4.74 Å². The van der Waals surface area contributed by atoms with Crippen LogP contribution in [0.25, 0.3) is 0 Å². The Morgan fingerprint density at radius 3 is 2.77 bits per heavy atom. The van der Waals surface area contributed by atoms with Crippen molar-refractivity contribution in [2.24, 2.45) is 0 Å². The lowest BCUT2D eigenvalue weighted by atomic mass is 10.2. The molecule has 1 aromatic carbocycles. The van der Waals surface area contributed by atoms with Gasteiger partial charge in [0.25, 0.3) is 0 Å². The summed E-state index contributed by atoms with van der Waals surface area (Å²) in [6, 6.07) is 5.06. The van der Waals surface area contributed by atoms with Crippen molar-refractivity contribution in [3.05, 3.63) is 51.9 Å². The first kappa shape index (κ1) is 16.5. The molecule has 0 bridgehead atoms. The molecule has 9 heteroatoms. The van der Waals surface area contributed by atoms with Crippen molar-refractivity contribution in [1.82, 2.24) is 14.5 Å². The number of halogens is 2. The summed E-state index contributed by atoms with van der Waals surface area (Å²) in [7, 11) is 1.74. The van der Waals surface area contributed by atoms with Gasteiger partial charge < -0.3 is 14.5 Å². The number of piperazine rings is 1. The van der Waals surface area contributed by atoms with E-state index in [2.05, 4.69) is 4.98 Å². The number of anilines is 1. The molecule has 1 atom stereocenters. The molecule has 4 rings (SSSR count). The topological polar surface area (TPSA) is 67.7 Å². The summed E-state index contributed by atoms with van der Waals surface area (Å²) in [4.78, 5) is 31.7. The maximum absolute atomic E-state index is 13.3. The predicted octanol–water partition coefficient (Wildman–Crippen LogP) is 0.761. The van der Waals surface area contributed by atoms with Gasteiger partial charge in [0.15, 0.2) is 11.6 Å². The first-order chi connectivity index (χ1) is 12.4. The van der Waals surface area contributed by atoms with Crippen LogP contribution in [0.15, 0.2) is 29.1 Å². The molecule has 3 heterocycles. The van der Waals surface area contributed by atoms with Crippen LogP contribution in [-0.4, -0.2) is 46.5 Å². The standard InChI is InChI=1S/C17H16F2N4O3/c1-21-6-11-7-23-15(22(11)8-16(21)24)5-14(20-17(23)25)26-9-10-2-3-12(18)13(19)4-10/h2-5,11H,6-9H2,1H3. The van der Waals surface area contributed by atoms with Gasteiger partial charge in [0.1, 0.15) is 12.4 Å². The molecule has 0 saturated carbocycles. The smallest absolute Gasteiger partial charge is 0.352 e. The van der Waals surface area contributed by atoms with Gasteiger partial charge in [0.05, 0.1) is 19.1 Å². The third kappa shape index (κ3) is 2.79. The molecule has 2 aliphatic rings. The molecular formula is C17H16F2N4O3. The number of fused-ring (bicyclic) bond motifs is 3. The number of ether oxygens (including phenoxy) is 1. The Hall–Kier alpha value is -2.97. The lowest BCUT2D eigenvalue weighted by molar-refractivity contribution is -0.130. The van der Waals surface area contributed by atoms with E-state index < -0.39 is 17.3 Å². The Balaban J connectivity index is 1.57. The summed E-state index contributed by atoms with van der Waals surface area (Å²) in [6.07, 6.45) is 0. The summed E-state index contributed by atoms with van der Waals surface area (Å²) >= 11 is 0. The lowest BCUT2D eigenvalue weighted by Gasteiger charge is -2.35. The highest BCUT2D eigenvalue weighted by atomic mass is 19.2. The molecule has 0 N–H and O–H groups in total. The molecule has 1 fully saturated rings. The monoisotopic (exact) mass is 362 g/mol. The maximum atomic E-state index is 13.3. The van der Waals surface area contributed by atoms with Gasteiger partial charge in [-0.2, -0.15) is 4.98 Å². The van der Waals surface area contributed by atoms with E-state index in [0.717, 1.165) is 12.1 Å². The highest BCUT2D eigenvalue weighted by molar-refractivity contribution is 5.83. The Labute approximate surface area is 147 Å². The van der Waals surface area contributed by atoms with E-state index in [1.165, 1.54) is 10.6 Å². The molecule has 1 saturated heterocycles. The van der Waals surface area contributed by atoms with E-state index >= 15 is 0 Å². The SMILES string of the molecule is CN1CC2Cn3c(cc(OCc4ccc(F)c(F)c4)nc3=O)N2CC1=O. The summed E-state index contributed by atoms with van der Waals surface area (Å²) in [5, 5.41) is 0. The molecule has 0 radical (unpaired) electrons. The normalized spacial score (nSPS) is 18.7. The van der Waals surface area contributed by atoms with Crippen molar-refractivity contribution in [3.8, 4) is 5.88 Å². The zero-order chi connectivity index (χ0) is 18.4. The van der Waals surface area contributed by atoms with Gasteiger partial charge in [-0.25, -0.2) is 13.6 Å². The van der Waals surface area contributed by atoms with E-state index in [1.807, 2.05) is 4.90 Å². The van der Waals surface area contributed by atoms with E-state index in [9.17, 15) is 18.4 Å². The number of hydrogen-bond donors (Lipinski definition) is 0. The number of carbonyl (C=O) groups excluding carboxylic acids is 1. The van der Waals surface area contributed by atoms with Crippen LogP contribution in [0.2, 0.25) is 0 Å². The number of hydrogen-bond acceptors (Lipinski definition) is 5. The van der Waals surface area contributed by atoms with E-state index in [-0.39, 0.29) is 31.0 Å². The van der Waals surface area contributed by atoms with Crippen LogP contribution in [0.1, 0.15) is 5.56 Å². The minimum atomic E-state index is -0.966. The molecule has 0 aliphatic carbocycles. The molecule has 26 heavy (non-hydrogen) atoms. The van der Waals surface area contributed by atoms with Crippen LogP contribution in [0, 0.1) is 11.6 Å². The van der Waals surface area contributed by atoms with Gasteiger partial charge in [-0.15, -0.1) is 0 Å². The second-order valence-corrected chi connectivity index (χ2v) is 6.44. The third-order valence-corrected chi connectivity index (χ3v) is 4.68. The average molecular weight is 362 g/mol. The van der Waals surface area contributed by atoms with Gasteiger partial charge in [-0.3, -0.25) is 9.36 Å². The van der Waals surface area contributed by atoms with Crippen molar-refractivity contribution in [2.45, 2.75) is 19.2 Å². The minimum Gasteiger partial charge on any atom is -0.473 e. The van der Waals surface area contributed by atoms with Gasteiger partial charge in [0, 0.05) is 19.7 Å². The molecule has 2 aromatic rings. The number of rotatable bonds is 3. The third-order valence-electron chi connectivity index (χ3n) is 4.68. The van der Waals surface area contributed by atoms with E-state index in [0.29, 0.717) is 24.5 Å². The molecule has 1 aromatic heterocycles. The van der Waals surface area contributed by atoms with Gasteiger partial charge in [-0.1, -0.05) is 6.07 Å². The van der Waals surface area contributed by atoms with Crippen molar-refractivity contribution in [3.63, 3.8) is 0 Å². The number of nitrogens with zero attached hydrogens (tertiary/aromatic N) is 4. The number of aromatic nitrogens is 2. The Kier molecular flexibility index (Phi) is 3.86. The van der Waals surface area contributed by atoms with E-state index in [1.54, 1.807) is 18.0 Å². The zero-order valence-electron chi connectivity index (χ0n) is 14.0.